The maximum Gasteiger partial charge on any atom is 0.241 e. The minimum absolute atomic E-state index is 0.0373. The largest absolute Gasteiger partial charge is 0.326 e. The molecule has 0 saturated carbocycles. The van der Waals surface area contributed by atoms with Gasteiger partial charge in [0.25, 0.3) is 0 Å². The lowest BCUT2D eigenvalue weighted by Gasteiger charge is -2.17. The highest BCUT2D eigenvalue weighted by Crippen LogP contribution is 2.26. The van der Waals surface area contributed by atoms with Gasteiger partial charge in [0, 0.05) is 17.1 Å². The predicted octanol–water partition coefficient (Wildman–Crippen LogP) is 2.68. The van der Waals surface area contributed by atoms with Crippen LogP contribution >= 0.6 is 15.9 Å². The van der Waals surface area contributed by atoms with Gasteiger partial charge in [0.1, 0.15) is 0 Å². The maximum atomic E-state index is 12.4. The third kappa shape index (κ3) is 4.02. The van der Waals surface area contributed by atoms with Crippen molar-refractivity contribution in [2.45, 2.75) is 51.1 Å². The van der Waals surface area contributed by atoms with E-state index in [0.717, 1.165) is 22.9 Å². The Bertz CT molecular complexity index is 540. The average Bonchev–Trinajstić information content (AvgIpc) is 2.38. The van der Waals surface area contributed by atoms with Crippen molar-refractivity contribution in [3.8, 4) is 0 Å². The van der Waals surface area contributed by atoms with Gasteiger partial charge < -0.3 is 5.73 Å². The second-order valence-electron chi connectivity index (χ2n) is 4.54. The number of nitrogens with two attached hydrogens (primary N) is 1. The van der Waals surface area contributed by atoms with Gasteiger partial charge in [-0.3, -0.25) is 0 Å². The zero-order valence-corrected chi connectivity index (χ0v) is 13.9. The molecule has 0 radical (unpaired) electrons. The SMILES string of the molecule is CCC(CC)NS(=O)(=O)c1cc(CN)cc(Br)c1C. The Morgan fingerprint density at radius 1 is 1.32 bits per heavy atom. The highest BCUT2D eigenvalue weighted by molar-refractivity contribution is 9.10. The summed E-state index contributed by atoms with van der Waals surface area (Å²) in [4.78, 5) is 0.300. The van der Waals surface area contributed by atoms with E-state index in [1.54, 1.807) is 13.0 Å². The molecule has 0 aromatic heterocycles. The first-order chi connectivity index (χ1) is 8.85. The van der Waals surface area contributed by atoms with E-state index in [2.05, 4.69) is 20.7 Å². The van der Waals surface area contributed by atoms with Crippen molar-refractivity contribution >= 4 is 26.0 Å². The Balaban J connectivity index is 3.24. The summed E-state index contributed by atoms with van der Waals surface area (Å²) in [5.41, 5.74) is 7.10. The van der Waals surface area contributed by atoms with Gasteiger partial charge in [-0.05, 0) is 43.0 Å². The van der Waals surface area contributed by atoms with Crippen molar-refractivity contribution in [2.24, 2.45) is 5.73 Å². The fraction of sp³-hybridized carbons (Fsp3) is 0.538. The van der Waals surface area contributed by atoms with E-state index in [0.29, 0.717) is 17.0 Å². The van der Waals surface area contributed by atoms with E-state index in [1.807, 2.05) is 19.9 Å². The van der Waals surface area contributed by atoms with Crippen LogP contribution in [0.2, 0.25) is 0 Å². The molecule has 4 nitrogen and oxygen atoms in total. The molecule has 1 rings (SSSR count). The van der Waals surface area contributed by atoms with Crippen LogP contribution in [0.3, 0.4) is 0 Å². The smallest absolute Gasteiger partial charge is 0.241 e. The number of rotatable bonds is 6. The van der Waals surface area contributed by atoms with Crippen LogP contribution in [0.5, 0.6) is 0 Å². The third-order valence-corrected chi connectivity index (χ3v) is 5.66. The quantitative estimate of drug-likeness (QED) is 0.829. The van der Waals surface area contributed by atoms with Crippen molar-refractivity contribution in [1.29, 1.82) is 0 Å². The Kier molecular flexibility index (Phi) is 5.98. The number of hydrogen-bond donors (Lipinski definition) is 2. The summed E-state index contributed by atoms with van der Waals surface area (Å²) in [5, 5.41) is 0. The zero-order chi connectivity index (χ0) is 14.6. The monoisotopic (exact) mass is 348 g/mol. The van der Waals surface area contributed by atoms with Crippen LogP contribution < -0.4 is 10.5 Å². The molecule has 0 amide bonds. The van der Waals surface area contributed by atoms with E-state index in [9.17, 15) is 8.42 Å². The van der Waals surface area contributed by atoms with E-state index < -0.39 is 10.0 Å². The van der Waals surface area contributed by atoms with Gasteiger partial charge in [-0.25, -0.2) is 13.1 Å². The summed E-state index contributed by atoms with van der Waals surface area (Å²) in [5.74, 6) is 0. The molecule has 0 aliphatic carbocycles. The maximum absolute atomic E-state index is 12.4. The number of nitrogens with one attached hydrogen (secondary N) is 1. The van der Waals surface area contributed by atoms with Gasteiger partial charge in [0.2, 0.25) is 10.0 Å². The predicted molar refractivity (Wildman–Crippen MR) is 81.5 cm³/mol. The van der Waals surface area contributed by atoms with Gasteiger partial charge in [-0.2, -0.15) is 0 Å². The Labute approximate surface area is 124 Å². The highest BCUT2D eigenvalue weighted by Gasteiger charge is 2.21. The summed E-state index contributed by atoms with van der Waals surface area (Å²) >= 11 is 3.38. The lowest BCUT2D eigenvalue weighted by atomic mass is 10.1. The molecule has 0 aliphatic heterocycles. The molecule has 19 heavy (non-hydrogen) atoms. The number of sulfonamides is 1. The van der Waals surface area contributed by atoms with E-state index in [-0.39, 0.29) is 6.04 Å². The average molecular weight is 349 g/mol. The van der Waals surface area contributed by atoms with Crippen molar-refractivity contribution in [3.63, 3.8) is 0 Å². The van der Waals surface area contributed by atoms with Gasteiger partial charge in [0.05, 0.1) is 4.90 Å². The van der Waals surface area contributed by atoms with E-state index >= 15 is 0 Å². The van der Waals surface area contributed by atoms with Crippen LogP contribution in [0.1, 0.15) is 37.8 Å². The molecule has 0 bridgehead atoms. The van der Waals surface area contributed by atoms with Gasteiger partial charge in [0.15, 0.2) is 0 Å². The first-order valence-electron chi connectivity index (χ1n) is 6.37. The third-order valence-electron chi connectivity index (χ3n) is 3.19. The summed E-state index contributed by atoms with van der Waals surface area (Å²) in [7, 11) is -3.51. The number of benzene rings is 1. The minimum atomic E-state index is -3.51. The molecule has 6 heteroatoms. The lowest BCUT2D eigenvalue weighted by Crippen LogP contribution is -2.34. The number of hydrogen-bond acceptors (Lipinski definition) is 3. The molecule has 0 spiro atoms. The standard InChI is InChI=1S/C13H21BrN2O2S/c1-4-11(5-2)16-19(17,18)13-7-10(8-15)6-12(14)9(13)3/h6-7,11,16H,4-5,8,15H2,1-3H3. The molecule has 0 aliphatic rings. The van der Waals surface area contributed by atoms with Crippen molar-refractivity contribution in [1.82, 2.24) is 4.72 Å². The molecule has 3 N–H and O–H groups in total. The van der Waals surface area contributed by atoms with Crippen LogP contribution in [-0.4, -0.2) is 14.5 Å². The van der Waals surface area contributed by atoms with Gasteiger partial charge in [-0.1, -0.05) is 29.8 Å². The molecule has 0 saturated heterocycles. The summed E-state index contributed by atoms with van der Waals surface area (Å²) in [6.07, 6.45) is 1.54. The molecule has 0 fully saturated rings. The second-order valence-corrected chi connectivity index (χ2v) is 7.08. The summed E-state index contributed by atoms with van der Waals surface area (Å²) < 4.78 is 28.4. The molecule has 0 heterocycles. The van der Waals surface area contributed by atoms with Gasteiger partial charge in [-0.15, -0.1) is 0 Å². The molecule has 1 aromatic rings. The summed E-state index contributed by atoms with van der Waals surface area (Å²) in [6.45, 7) is 6.03. The lowest BCUT2D eigenvalue weighted by molar-refractivity contribution is 0.529. The fourth-order valence-corrected chi connectivity index (χ4v) is 4.20. The second kappa shape index (κ2) is 6.83. The Hall–Kier alpha value is -0.430. The molecule has 0 atom stereocenters. The summed E-state index contributed by atoms with van der Waals surface area (Å²) in [6, 6.07) is 3.46. The topological polar surface area (TPSA) is 72.2 Å². The Morgan fingerprint density at radius 3 is 2.37 bits per heavy atom. The molecular formula is C13H21BrN2O2S. The van der Waals surface area contributed by atoms with E-state index in [1.165, 1.54) is 0 Å². The van der Waals surface area contributed by atoms with Gasteiger partial charge >= 0.3 is 0 Å². The van der Waals surface area contributed by atoms with Crippen LogP contribution in [0.15, 0.2) is 21.5 Å². The molecule has 108 valence electrons. The highest BCUT2D eigenvalue weighted by atomic mass is 79.9. The first kappa shape index (κ1) is 16.6. The van der Waals surface area contributed by atoms with Crippen LogP contribution in [-0.2, 0) is 16.6 Å². The van der Waals surface area contributed by atoms with Crippen molar-refractivity contribution in [3.05, 3.63) is 27.7 Å². The van der Waals surface area contributed by atoms with E-state index in [4.69, 9.17) is 5.73 Å². The number of halogens is 1. The minimum Gasteiger partial charge on any atom is -0.326 e. The van der Waals surface area contributed by atoms with Crippen LogP contribution in [0.25, 0.3) is 0 Å². The van der Waals surface area contributed by atoms with Crippen LogP contribution in [0.4, 0.5) is 0 Å². The first-order valence-corrected chi connectivity index (χ1v) is 8.64. The van der Waals surface area contributed by atoms with Crippen molar-refractivity contribution < 1.29 is 8.42 Å². The Morgan fingerprint density at radius 2 is 1.89 bits per heavy atom. The van der Waals surface area contributed by atoms with Crippen LogP contribution in [0, 0.1) is 6.92 Å². The van der Waals surface area contributed by atoms with Crippen molar-refractivity contribution in [2.75, 3.05) is 0 Å². The molecule has 1 aromatic carbocycles. The zero-order valence-electron chi connectivity index (χ0n) is 11.5. The molecular weight excluding hydrogens is 328 g/mol. The fourth-order valence-electron chi connectivity index (χ4n) is 1.84. The molecule has 0 unspecified atom stereocenters. The normalized spacial score (nSPS) is 12.1.